The fraction of sp³-hybridized carbons (Fsp3) is 0.333. The molecular formula is C9H15N3O4S. The summed E-state index contributed by atoms with van der Waals surface area (Å²) in [6.07, 6.45) is 0.495. The minimum absolute atomic E-state index is 0.187. The van der Waals surface area contributed by atoms with Gasteiger partial charge < -0.3 is 10.9 Å². The van der Waals surface area contributed by atoms with Crippen LogP contribution < -0.4 is 15.7 Å². The third-order valence-corrected chi connectivity index (χ3v) is 3.60. The van der Waals surface area contributed by atoms with Gasteiger partial charge in [0, 0.05) is 12.6 Å². The molecule has 0 heterocycles. The molecule has 0 aromatic heterocycles. The molecule has 0 amide bonds. The zero-order valence-electron chi connectivity index (χ0n) is 9.09. The van der Waals surface area contributed by atoms with Crippen molar-refractivity contribution in [3.63, 3.8) is 0 Å². The zero-order chi connectivity index (χ0) is 12.9. The standard InChI is InChI=1S/C9H15N3O4S/c10-6-3-7-11-17(15,16)9-5-2-1-4-8(9)12(13)14/h1-2,4-5,11-13H,3,6-7,10H2. The minimum Gasteiger partial charge on any atom is -0.595 e. The number of para-hydroxylation sites is 1. The molecule has 1 rings (SSSR count). The van der Waals surface area contributed by atoms with Gasteiger partial charge in [0.25, 0.3) is 0 Å². The predicted molar refractivity (Wildman–Crippen MR) is 61.1 cm³/mol. The first-order valence-corrected chi connectivity index (χ1v) is 6.49. The van der Waals surface area contributed by atoms with Gasteiger partial charge in [-0.2, -0.15) is 5.23 Å². The van der Waals surface area contributed by atoms with Gasteiger partial charge in [-0.25, -0.2) is 18.3 Å². The Bertz CT molecular complexity index is 461. The van der Waals surface area contributed by atoms with Crippen molar-refractivity contribution >= 4 is 15.7 Å². The van der Waals surface area contributed by atoms with Gasteiger partial charge in [-0.15, -0.1) is 0 Å². The molecule has 5 N–H and O–H groups in total. The zero-order valence-corrected chi connectivity index (χ0v) is 9.90. The minimum atomic E-state index is -3.79. The summed E-state index contributed by atoms with van der Waals surface area (Å²) < 4.78 is 25.9. The Labute approximate surface area is 99.4 Å². The number of nitrogens with one attached hydrogen (secondary N) is 2. The van der Waals surface area contributed by atoms with Crippen LogP contribution in [0.5, 0.6) is 0 Å². The van der Waals surface area contributed by atoms with E-state index >= 15 is 0 Å². The monoisotopic (exact) mass is 261 g/mol. The molecule has 0 aliphatic carbocycles. The van der Waals surface area contributed by atoms with Crippen molar-refractivity contribution in [2.45, 2.75) is 11.3 Å². The first-order valence-electron chi connectivity index (χ1n) is 5.01. The van der Waals surface area contributed by atoms with Crippen LogP contribution in [-0.4, -0.2) is 26.7 Å². The molecule has 0 spiro atoms. The summed E-state index contributed by atoms with van der Waals surface area (Å²) in [7, 11) is -3.79. The molecule has 1 aromatic rings. The number of nitrogens with two attached hydrogens (primary N) is 1. The van der Waals surface area contributed by atoms with Crippen LogP contribution in [0.1, 0.15) is 6.42 Å². The van der Waals surface area contributed by atoms with E-state index in [1.165, 1.54) is 24.3 Å². The van der Waals surface area contributed by atoms with Crippen LogP contribution in [0.25, 0.3) is 0 Å². The average molecular weight is 261 g/mol. The fourth-order valence-corrected chi connectivity index (χ4v) is 2.54. The lowest BCUT2D eigenvalue weighted by Crippen LogP contribution is -2.99. The summed E-state index contributed by atoms with van der Waals surface area (Å²) in [5.74, 6) is 0. The average Bonchev–Trinajstić information content (AvgIpc) is 2.29. The highest BCUT2D eigenvalue weighted by Crippen LogP contribution is 2.16. The van der Waals surface area contributed by atoms with E-state index in [1.54, 1.807) is 0 Å². The Hall–Kier alpha value is -1.03. The molecule has 0 fully saturated rings. The molecule has 0 saturated carbocycles. The van der Waals surface area contributed by atoms with Gasteiger partial charge in [0.1, 0.15) is 4.90 Å². The van der Waals surface area contributed by atoms with Gasteiger partial charge in [0.15, 0.2) is 5.69 Å². The van der Waals surface area contributed by atoms with Crippen molar-refractivity contribution in [1.29, 1.82) is 0 Å². The van der Waals surface area contributed by atoms with Gasteiger partial charge in [-0.3, -0.25) is 0 Å². The second kappa shape index (κ2) is 6.05. The van der Waals surface area contributed by atoms with E-state index in [9.17, 15) is 13.6 Å². The van der Waals surface area contributed by atoms with E-state index in [-0.39, 0.29) is 17.1 Å². The third kappa shape index (κ3) is 3.73. The van der Waals surface area contributed by atoms with Crippen LogP contribution in [-0.2, 0) is 10.0 Å². The maximum atomic E-state index is 11.8. The topological polar surface area (TPSA) is 120 Å². The third-order valence-electron chi connectivity index (χ3n) is 2.08. The van der Waals surface area contributed by atoms with Gasteiger partial charge in [0.05, 0.1) is 0 Å². The van der Waals surface area contributed by atoms with Crippen LogP contribution in [0.4, 0.5) is 5.69 Å². The Balaban J connectivity index is 2.98. The molecule has 1 atom stereocenters. The number of quaternary nitrogens is 1. The van der Waals surface area contributed by atoms with Crippen molar-refractivity contribution in [1.82, 2.24) is 4.72 Å². The summed E-state index contributed by atoms with van der Waals surface area (Å²) >= 11 is 0. The summed E-state index contributed by atoms with van der Waals surface area (Å²) in [4.78, 5) is -0.232. The van der Waals surface area contributed by atoms with E-state index in [1.807, 2.05) is 0 Å². The first-order chi connectivity index (χ1) is 7.99. The fourth-order valence-electron chi connectivity index (χ4n) is 1.26. The van der Waals surface area contributed by atoms with E-state index < -0.39 is 15.2 Å². The molecule has 1 unspecified atom stereocenters. The lowest BCUT2D eigenvalue weighted by Gasteiger charge is -2.15. The molecule has 96 valence electrons. The maximum absolute atomic E-state index is 11.8. The Morgan fingerprint density at radius 2 is 2.06 bits per heavy atom. The van der Waals surface area contributed by atoms with Crippen molar-refractivity contribution < 1.29 is 18.9 Å². The number of benzene rings is 1. The summed E-state index contributed by atoms with van der Waals surface area (Å²) in [5, 5.41) is 18.5. The van der Waals surface area contributed by atoms with Gasteiger partial charge in [-0.1, -0.05) is 12.1 Å². The molecule has 0 bridgehead atoms. The van der Waals surface area contributed by atoms with Crippen LogP contribution >= 0.6 is 0 Å². The highest BCUT2D eigenvalue weighted by atomic mass is 32.2. The van der Waals surface area contributed by atoms with Crippen molar-refractivity contribution in [3.8, 4) is 0 Å². The van der Waals surface area contributed by atoms with Gasteiger partial charge >= 0.3 is 0 Å². The Kier molecular flexibility index (Phi) is 5.00. The Morgan fingerprint density at radius 3 is 2.65 bits per heavy atom. The van der Waals surface area contributed by atoms with Crippen molar-refractivity contribution in [3.05, 3.63) is 29.5 Å². The molecule has 8 heteroatoms. The molecule has 0 radical (unpaired) electrons. The lowest BCUT2D eigenvalue weighted by atomic mass is 10.3. The van der Waals surface area contributed by atoms with E-state index in [0.717, 1.165) is 0 Å². The highest BCUT2D eigenvalue weighted by molar-refractivity contribution is 7.89. The number of sulfonamides is 1. The molecular weight excluding hydrogens is 246 g/mol. The molecule has 1 aromatic carbocycles. The SMILES string of the molecule is NCCCNS(=O)(=O)c1ccccc1[NH+]([O-])O. The summed E-state index contributed by atoms with van der Waals surface area (Å²) in [5.41, 5.74) is 5.00. The lowest BCUT2D eigenvalue weighted by molar-refractivity contribution is -0.992. The smallest absolute Gasteiger partial charge is 0.246 e. The first kappa shape index (κ1) is 14.0. The van der Waals surface area contributed by atoms with Gasteiger partial charge in [-0.05, 0) is 19.0 Å². The van der Waals surface area contributed by atoms with E-state index in [0.29, 0.717) is 13.0 Å². The highest BCUT2D eigenvalue weighted by Gasteiger charge is 2.21. The largest absolute Gasteiger partial charge is 0.595 e. The second-order valence-electron chi connectivity index (χ2n) is 3.34. The summed E-state index contributed by atoms with van der Waals surface area (Å²) in [6.45, 7) is 0.551. The van der Waals surface area contributed by atoms with Crippen LogP contribution in [0.2, 0.25) is 0 Å². The van der Waals surface area contributed by atoms with Crippen molar-refractivity contribution in [2.24, 2.45) is 5.73 Å². The molecule has 0 aliphatic rings. The van der Waals surface area contributed by atoms with Crippen LogP contribution in [0.15, 0.2) is 29.2 Å². The number of rotatable bonds is 6. The van der Waals surface area contributed by atoms with E-state index in [4.69, 9.17) is 10.9 Å². The molecule has 0 aliphatic heterocycles. The molecule has 7 nitrogen and oxygen atoms in total. The van der Waals surface area contributed by atoms with E-state index in [2.05, 4.69) is 4.72 Å². The van der Waals surface area contributed by atoms with Crippen LogP contribution in [0.3, 0.4) is 0 Å². The van der Waals surface area contributed by atoms with Gasteiger partial charge in [0.2, 0.25) is 10.0 Å². The quantitative estimate of drug-likeness (QED) is 0.375. The predicted octanol–water partition coefficient (Wildman–Crippen LogP) is -1.28. The maximum Gasteiger partial charge on any atom is 0.246 e. The normalized spacial score (nSPS) is 13.6. The summed E-state index contributed by atoms with van der Waals surface area (Å²) in [6, 6.07) is 5.46. The Morgan fingerprint density at radius 1 is 1.41 bits per heavy atom. The molecule has 0 saturated heterocycles. The number of hydrogen-bond acceptors (Lipinski definition) is 5. The molecule has 17 heavy (non-hydrogen) atoms. The van der Waals surface area contributed by atoms with Crippen molar-refractivity contribution in [2.75, 3.05) is 13.1 Å². The number of hydrogen-bond donors (Lipinski definition) is 4. The second-order valence-corrected chi connectivity index (χ2v) is 5.08. The van der Waals surface area contributed by atoms with Crippen LogP contribution in [0, 0.1) is 5.21 Å².